The molecule has 3 aromatic carbocycles. The van der Waals surface area contributed by atoms with Crippen molar-refractivity contribution in [3.63, 3.8) is 0 Å². The van der Waals surface area contributed by atoms with Gasteiger partial charge in [-0.15, -0.1) is 0 Å². The smallest absolute Gasteiger partial charge is 0.0972 e. The fourth-order valence-electron chi connectivity index (χ4n) is 3.26. The molecule has 1 N–H and O–H groups in total. The SMILES string of the molecule is c1ccc2[nH]cnc2c1.c1ccc2nc3c(ccc4cccnc43)cc2c1. The third-order valence-electron chi connectivity index (χ3n) is 4.59. The van der Waals surface area contributed by atoms with E-state index in [1.165, 1.54) is 5.39 Å². The standard InChI is InChI=1S/C16H10N2.C7H6N2/c1-2-6-14-12(4-1)10-13-8-7-11-5-3-9-17-15(11)16(13)18-14;1-2-4-7-6(3-1)8-5-9-7/h1-10H;1-5H,(H,8,9). The molecule has 0 fully saturated rings. The van der Waals surface area contributed by atoms with Crippen LogP contribution in [0.4, 0.5) is 0 Å². The van der Waals surface area contributed by atoms with E-state index in [0.29, 0.717) is 0 Å². The van der Waals surface area contributed by atoms with Gasteiger partial charge in [-0.3, -0.25) is 4.98 Å². The van der Waals surface area contributed by atoms with Crippen LogP contribution in [-0.4, -0.2) is 19.9 Å². The van der Waals surface area contributed by atoms with Gasteiger partial charge in [0.15, 0.2) is 0 Å². The van der Waals surface area contributed by atoms with Crippen molar-refractivity contribution in [2.75, 3.05) is 0 Å². The van der Waals surface area contributed by atoms with Gasteiger partial charge >= 0.3 is 0 Å². The summed E-state index contributed by atoms with van der Waals surface area (Å²) in [5.41, 5.74) is 5.09. The van der Waals surface area contributed by atoms with Gasteiger partial charge in [0, 0.05) is 22.4 Å². The lowest BCUT2D eigenvalue weighted by Crippen LogP contribution is -1.86. The van der Waals surface area contributed by atoms with Crippen LogP contribution in [0.15, 0.2) is 91.4 Å². The number of rotatable bonds is 0. The number of hydrogen-bond donors (Lipinski definition) is 1. The van der Waals surface area contributed by atoms with Crippen LogP contribution < -0.4 is 0 Å². The van der Waals surface area contributed by atoms with Crippen LogP contribution in [0.2, 0.25) is 0 Å². The van der Waals surface area contributed by atoms with Gasteiger partial charge in [-0.1, -0.05) is 48.5 Å². The number of pyridine rings is 2. The molecule has 0 aliphatic heterocycles. The molecule has 0 unspecified atom stereocenters. The maximum Gasteiger partial charge on any atom is 0.0972 e. The highest BCUT2D eigenvalue weighted by atomic mass is 14.9. The summed E-state index contributed by atoms with van der Waals surface area (Å²) in [6, 6.07) is 26.5. The molecule has 0 saturated carbocycles. The van der Waals surface area contributed by atoms with Crippen LogP contribution in [-0.2, 0) is 0 Å². The number of nitrogens with zero attached hydrogens (tertiary/aromatic N) is 3. The Morgan fingerprint density at radius 3 is 2.30 bits per heavy atom. The summed E-state index contributed by atoms with van der Waals surface area (Å²) >= 11 is 0. The van der Waals surface area contributed by atoms with Crippen LogP contribution in [0.3, 0.4) is 0 Å². The Morgan fingerprint density at radius 1 is 0.593 bits per heavy atom. The predicted octanol–water partition coefficient (Wildman–Crippen LogP) is 5.50. The van der Waals surface area contributed by atoms with Crippen molar-refractivity contribution in [3.8, 4) is 0 Å². The Balaban J connectivity index is 0.000000149. The van der Waals surface area contributed by atoms with Crippen molar-refractivity contribution in [2.45, 2.75) is 0 Å². The van der Waals surface area contributed by atoms with E-state index in [2.05, 4.69) is 45.3 Å². The maximum absolute atomic E-state index is 4.74. The van der Waals surface area contributed by atoms with Gasteiger partial charge in [0.1, 0.15) is 0 Å². The van der Waals surface area contributed by atoms with Gasteiger partial charge in [-0.25, -0.2) is 9.97 Å². The Morgan fingerprint density at radius 2 is 1.37 bits per heavy atom. The second-order valence-corrected chi connectivity index (χ2v) is 6.31. The molecule has 0 spiro atoms. The fourth-order valence-corrected chi connectivity index (χ4v) is 3.26. The predicted molar refractivity (Wildman–Crippen MR) is 111 cm³/mol. The summed E-state index contributed by atoms with van der Waals surface area (Å²) in [6.45, 7) is 0. The lowest BCUT2D eigenvalue weighted by molar-refractivity contribution is 1.34. The van der Waals surface area contributed by atoms with E-state index >= 15 is 0 Å². The minimum absolute atomic E-state index is 0.973. The van der Waals surface area contributed by atoms with E-state index in [0.717, 1.165) is 38.4 Å². The van der Waals surface area contributed by atoms with Crippen LogP contribution in [0, 0.1) is 0 Å². The lowest BCUT2D eigenvalue weighted by Gasteiger charge is -2.04. The summed E-state index contributed by atoms with van der Waals surface area (Å²) in [5, 5.41) is 3.44. The number of H-pyrrole nitrogens is 1. The van der Waals surface area contributed by atoms with Gasteiger partial charge in [0.25, 0.3) is 0 Å². The van der Waals surface area contributed by atoms with E-state index in [9.17, 15) is 0 Å². The first-order valence-electron chi connectivity index (χ1n) is 8.80. The van der Waals surface area contributed by atoms with Gasteiger partial charge in [-0.05, 0) is 30.3 Å². The highest BCUT2D eigenvalue weighted by Crippen LogP contribution is 2.25. The molecule has 4 nitrogen and oxygen atoms in total. The van der Waals surface area contributed by atoms with Gasteiger partial charge in [0.2, 0.25) is 0 Å². The average molecular weight is 348 g/mol. The molecule has 27 heavy (non-hydrogen) atoms. The van der Waals surface area contributed by atoms with Crippen LogP contribution >= 0.6 is 0 Å². The summed E-state index contributed by atoms with van der Waals surface area (Å²) in [5.74, 6) is 0. The van der Waals surface area contributed by atoms with Crippen molar-refractivity contribution in [1.29, 1.82) is 0 Å². The first-order chi connectivity index (χ1) is 13.4. The topological polar surface area (TPSA) is 54.5 Å². The zero-order valence-corrected chi connectivity index (χ0v) is 14.5. The average Bonchev–Trinajstić information content (AvgIpc) is 3.22. The number of benzene rings is 3. The molecule has 0 aliphatic rings. The van der Waals surface area contributed by atoms with Crippen molar-refractivity contribution < 1.29 is 0 Å². The molecule has 3 aromatic heterocycles. The first kappa shape index (κ1) is 15.5. The van der Waals surface area contributed by atoms with Crippen molar-refractivity contribution >= 4 is 43.7 Å². The highest BCUT2D eigenvalue weighted by molar-refractivity contribution is 6.06. The largest absolute Gasteiger partial charge is 0.345 e. The van der Waals surface area contributed by atoms with Crippen LogP contribution in [0.5, 0.6) is 0 Å². The fraction of sp³-hybridized carbons (Fsp3) is 0. The number of para-hydroxylation sites is 3. The monoisotopic (exact) mass is 348 g/mol. The van der Waals surface area contributed by atoms with Gasteiger partial charge in [0.05, 0.1) is 33.9 Å². The second-order valence-electron chi connectivity index (χ2n) is 6.31. The Bertz CT molecular complexity index is 1350. The van der Waals surface area contributed by atoms with Gasteiger partial charge < -0.3 is 4.98 Å². The first-order valence-corrected chi connectivity index (χ1v) is 8.80. The van der Waals surface area contributed by atoms with Gasteiger partial charge in [-0.2, -0.15) is 0 Å². The molecule has 0 saturated heterocycles. The van der Waals surface area contributed by atoms with E-state index < -0.39 is 0 Å². The van der Waals surface area contributed by atoms with Crippen molar-refractivity contribution in [2.24, 2.45) is 0 Å². The third-order valence-corrected chi connectivity index (χ3v) is 4.59. The Hall–Kier alpha value is -3.79. The number of aromatic nitrogens is 4. The van der Waals surface area contributed by atoms with Crippen molar-refractivity contribution in [1.82, 2.24) is 19.9 Å². The van der Waals surface area contributed by atoms with E-state index in [1.54, 1.807) is 6.33 Å². The number of nitrogens with one attached hydrogen (secondary N) is 1. The van der Waals surface area contributed by atoms with Crippen molar-refractivity contribution in [3.05, 3.63) is 91.4 Å². The maximum atomic E-state index is 4.74. The molecule has 6 rings (SSSR count). The third kappa shape index (κ3) is 2.87. The number of hydrogen-bond acceptors (Lipinski definition) is 3. The Kier molecular flexibility index (Phi) is 3.72. The number of fused-ring (bicyclic) bond motifs is 5. The molecule has 0 radical (unpaired) electrons. The summed E-state index contributed by atoms with van der Waals surface area (Å²) < 4.78 is 0. The van der Waals surface area contributed by atoms with E-state index in [-0.39, 0.29) is 0 Å². The molecule has 128 valence electrons. The quantitative estimate of drug-likeness (QED) is 0.291. The summed E-state index contributed by atoms with van der Waals surface area (Å²) in [6.07, 6.45) is 3.52. The van der Waals surface area contributed by atoms with E-state index in [1.807, 2.05) is 54.7 Å². The number of aromatic amines is 1. The van der Waals surface area contributed by atoms with Crippen LogP contribution in [0.25, 0.3) is 43.7 Å². The molecule has 6 aromatic rings. The molecular weight excluding hydrogens is 332 g/mol. The number of imidazole rings is 1. The highest BCUT2D eigenvalue weighted by Gasteiger charge is 2.04. The summed E-state index contributed by atoms with van der Waals surface area (Å²) in [4.78, 5) is 16.3. The molecular formula is C23H16N4. The second kappa shape index (κ2) is 6.50. The normalized spacial score (nSPS) is 11.0. The minimum atomic E-state index is 0.973. The zero-order chi connectivity index (χ0) is 18.1. The lowest BCUT2D eigenvalue weighted by atomic mass is 10.1. The molecule has 0 aliphatic carbocycles. The zero-order valence-electron chi connectivity index (χ0n) is 14.5. The van der Waals surface area contributed by atoms with Crippen LogP contribution in [0.1, 0.15) is 0 Å². The van der Waals surface area contributed by atoms with E-state index in [4.69, 9.17) is 4.98 Å². The molecule has 3 heterocycles. The summed E-state index contributed by atoms with van der Waals surface area (Å²) in [7, 11) is 0. The molecule has 0 atom stereocenters. The minimum Gasteiger partial charge on any atom is -0.345 e. The Labute approximate surface area is 155 Å². The molecule has 0 amide bonds. The molecule has 0 bridgehead atoms. The molecule has 4 heteroatoms.